The minimum absolute atomic E-state index is 0.0530. The first-order chi connectivity index (χ1) is 16.3. The van der Waals surface area contributed by atoms with Gasteiger partial charge in [0, 0.05) is 12.9 Å². The van der Waals surface area contributed by atoms with Crippen molar-refractivity contribution < 1.29 is 38.6 Å². The number of methoxy groups -OCH3 is 1. The highest BCUT2D eigenvalue weighted by molar-refractivity contribution is 8.00. The standard InChI is InChI=1S/C19H24ClN5O8S2/c1-18(2,3)33-8(26)5-32-24-10(9-12(20)35-17(21)23-9)13(27)22-11-14(28)25-6-19(31-4,16(29)30)7-34-15(11)25/h11,15H,5-7H2,1-4H3,(H2,21,23)(H,22,27)(H,29,30)/t11?,15-,19?/m1/s1. The van der Waals surface area contributed by atoms with Gasteiger partial charge in [-0.25, -0.2) is 14.6 Å². The van der Waals surface area contributed by atoms with Crippen LogP contribution in [0.15, 0.2) is 5.16 Å². The number of anilines is 1. The molecule has 3 rings (SSSR count). The third-order valence-electron chi connectivity index (χ3n) is 4.92. The Morgan fingerprint density at radius 3 is 2.63 bits per heavy atom. The Kier molecular flexibility index (Phi) is 7.83. The van der Waals surface area contributed by atoms with E-state index in [4.69, 9.17) is 31.6 Å². The van der Waals surface area contributed by atoms with Crippen molar-refractivity contribution in [3.63, 3.8) is 0 Å². The average Bonchev–Trinajstić information content (AvgIpc) is 3.10. The first kappa shape index (κ1) is 27.0. The van der Waals surface area contributed by atoms with Crippen LogP contribution in [0.3, 0.4) is 0 Å². The van der Waals surface area contributed by atoms with Crippen LogP contribution in [0.5, 0.6) is 0 Å². The Morgan fingerprint density at radius 1 is 1.40 bits per heavy atom. The molecular weight excluding hydrogens is 526 g/mol. The van der Waals surface area contributed by atoms with Gasteiger partial charge in [0.2, 0.25) is 12.5 Å². The molecule has 0 bridgehead atoms. The average molecular weight is 550 g/mol. The normalized spacial score (nSPS) is 24.3. The van der Waals surface area contributed by atoms with E-state index in [0.29, 0.717) is 0 Å². The topological polar surface area (TPSA) is 183 Å². The number of nitrogens with one attached hydrogen (secondary N) is 1. The maximum Gasteiger partial charge on any atom is 0.347 e. The van der Waals surface area contributed by atoms with Crippen LogP contribution >= 0.6 is 34.7 Å². The molecule has 2 unspecified atom stereocenters. The maximum atomic E-state index is 13.1. The quantitative estimate of drug-likeness (QED) is 0.175. The number of amides is 2. The SMILES string of the molecule is COC1(C(=O)O)CS[C@@H]2C(NC(=O)C(=NOCC(=O)OC(C)(C)C)c3nc(N)sc3Cl)C(=O)N2C1. The first-order valence-corrected chi connectivity index (χ1v) is 12.4. The molecule has 192 valence electrons. The van der Waals surface area contributed by atoms with Crippen LogP contribution in [0, 0.1) is 0 Å². The lowest BCUT2D eigenvalue weighted by atomic mass is 9.99. The molecule has 13 nitrogen and oxygen atoms in total. The molecule has 2 saturated heterocycles. The molecule has 0 aromatic carbocycles. The summed E-state index contributed by atoms with van der Waals surface area (Å²) in [6, 6.07) is -0.957. The maximum absolute atomic E-state index is 13.1. The van der Waals surface area contributed by atoms with E-state index < -0.39 is 58.7 Å². The number of aliphatic carboxylic acids is 1. The number of ether oxygens (including phenoxy) is 2. The molecule has 16 heteroatoms. The fourth-order valence-electron chi connectivity index (χ4n) is 3.28. The van der Waals surface area contributed by atoms with Crippen LogP contribution in [-0.2, 0) is 33.5 Å². The molecule has 1 aromatic rings. The second-order valence-corrected chi connectivity index (χ2v) is 11.3. The van der Waals surface area contributed by atoms with E-state index in [9.17, 15) is 24.3 Å². The number of thiazole rings is 1. The molecule has 0 spiro atoms. The Bertz CT molecular complexity index is 1070. The number of esters is 1. The van der Waals surface area contributed by atoms with Crippen LogP contribution in [-0.4, -0.2) is 93.1 Å². The second-order valence-electron chi connectivity index (χ2n) is 8.60. The third-order valence-corrected chi connectivity index (χ3v) is 7.51. The van der Waals surface area contributed by atoms with Gasteiger partial charge < -0.3 is 35.4 Å². The zero-order valence-corrected chi connectivity index (χ0v) is 21.6. The van der Waals surface area contributed by atoms with Crippen LogP contribution in [0.2, 0.25) is 4.34 Å². The number of carbonyl (C=O) groups is 4. The van der Waals surface area contributed by atoms with E-state index >= 15 is 0 Å². The number of β-lactam (4-membered cyclic amide) rings is 1. The van der Waals surface area contributed by atoms with Crippen LogP contribution in [0.4, 0.5) is 5.13 Å². The van der Waals surface area contributed by atoms with Gasteiger partial charge in [0.25, 0.3) is 5.91 Å². The molecule has 4 N–H and O–H groups in total. The zero-order valence-electron chi connectivity index (χ0n) is 19.2. The predicted molar refractivity (Wildman–Crippen MR) is 127 cm³/mol. The van der Waals surface area contributed by atoms with Gasteiger partial charge in [0.15, 0.2) is 16.4 Å². The number of nitrogens with two attached hydrogens (primary N) is 1. The number of aromatic nitrogens is 1. The van der Waals surface area contributed by atoms with Gasteiger partial charge in [-0.1, -0.05) is 28.1 Å². The van der Waals surface area contributed by atoms with Gasteiger partial charge in [0.05, 0.1) is 6.54 Å². The van der Waals surface area contributed by atoms with Gasteiger partial charge >= 0.3 is 11.9 Å². The fourth-order valence-corrected chi connectivity index (χ4v) is 5.71. The van der Waals surface area contributed by atoms with Crippen LogP contribution < -0.4 is 11.1 Å². The number of carboxylic acids is 1. The number of thioether (sulfide) groups is 1. The molecule has 2 aliphatic heterocycles. The van der Waals surface area contributed by atoms with Crippen molar-refractivity contribution in [1.29, 1.82) is 0 Å². The second kappa shape index (κ2) is 10.2. The highest BCUT2D eigenvalue weighted by Gasteiger charge is 2.58. The summed E-state index contributed by atoms with van der Waals surface area (Å²) in [7, 11) is 1.27. The van der Waals surface area contributed by atoms with Crippen LogP contribution in [0.1, 0.15) is 26.5 Å². The van der Waals surface area contributed by atoms with Crippen molar-refractivity contribution in [3.8, 4) is 0 Å². The molecule has 2 amide bonds. The van der Waals surface area contributed by atoms with Crippen molar-refractivity contribution in [2.75, 3.05) is 31.7 Å². The smallest absolute Gasteiger partial charge is 0.347 e. The monoisotopic (exact) mass is 549 g/mol. The minimum Gasteiger partial charge on any atom is -0.479 e. The number of hydrogen-bond donors (Lipinski definition) is 3. The number of carboxylic acid groups (broad SMARTS) is 1. The molecule has 3 heterocycles. The highest BCUT2D eigenvalue weighted by Crippen LogP contribution is 2.39. The molecular formula is C19H24ClN5O8S2. The number of nitrogens with zero attached hydrogens (tertiary/aromatic N) is 3. The molecule has 0 aliphatic carbocycles. The van der Waals surface area contributed by atoms with Crippen molar-refractivity contribution >= 4 is 69.3 Å². The Balaban J connectivity index is 1.73. The lowest BCUT2D eigenvalue weighted by Crippen LogP contribution is -2.75. The van der Waals surface area contributed by atoms with Crippen molar-refractivity contribution in [1.82, 2.24) is 15.2 Å². The summed E-state index contributed by atoms with van der Waals surface area (Å²) >= 11 is 8.19. The van der Waals surface area contributed by atoms with Crippen molar-refractivity contribution in [2.45, 2.75) is 43.4 Å². The number of hydrogen-bond acceptors (Lipinski definition) is 12. The number of fused-ring (bicyclic) bond motifs is 1. The lowest BCUT2D eigenvalue weighted by Gasteiger charge is -2.53. The van der Waals surface area contributed by atoms with E-state index in [1.807, 2.05) is 0 Å². The Hall–Kier alpha value is -2.62. The summed E-state index contributed by atoms with van der Waals surface area (Å²) in [6.07, 6.45) is 0. The van der Waals surface area contributed by atoms with Crippen LogP contribution in [0.25, 0.3) is 0 Å². The number of oxime groups is 1. The number of halogens is 1. The van der Waals surface area contributed by atoms with E-state index in [-0.39, 0.29) is 27.5 Å². The number of carbonyl (C=O) groups excluding carboxylic acids is 3. The van der Waals surface area contributed by atoms with E-state index in [2.05, 4.69) is 15.5 Å². The molecule has 0 saturated carbocycles. The summed E-state index contributed by atoms with van der Waals surface area (Å²) in [5.41, 5.74) is 2.92. The highest BCUT2D eigenvalue weighted by atomic mass is 35.5. The fraction of sp³-hybridized carbons (Fsp3) is 0.579. The molecule has 1 aromatic heterocycles. The van der Waals surface area contributed by atoms with Crippen molar-refractivity contribution in [3.05, 3.63) is 10.0 Å². The Labute approximate surface area is 213 Å². The molecule has 3 atom stereocenters. The summed E-state index contributed by atoms with van der Waals surface area (Å²) in [5, 5.41) is 15.3. The summed E-state index contributed by atoms with van der Waals surface area (Å²) < 4.78 is 10.3. The molecule has 2 fully saturated rings. The number of rotatable bonds is 8. The largest absolute Gasteiger partial charge is 0.479 e. The van der Waals surface area contributed by atoms with E-state index in [1.165, 1.54) is 12.0 Å². The van der Waals surface area contributed by atoms with Gasteiger partial charge in [-0.3, -0.25) is 9.59 Å². The summed E-state index contributed by atoms with van der Waals surface area (Å²) in [5.74, 6) is -3.15. The molecule has 0 radical (unpaired) electrons. The van der Waals surface area contributed by atoms with Gasteiger partial charge in [-0.05, 0) is 20.8 Å². The predicted octanol–water partition coefficient (Wildman–Crippen LogP) is 0.311. The molecule has 35 heavy (non-hydrogen) atoms. The number of nitrogen functional groups attached to an aromatic ring is 1. The molecule has 2 aliphatic rings. The summed E-state index contributed by atoms with van der Waals surface area (Å²) in [6.45, 7) is 4.30. The first-order valence-electron chi connectivity index (χ1n) is 10.1. The van der Waals surface area contributed by atoms with Gasteiger partial charge in [-0.2, -0.15) is 0 Å². The minimum atomic E-state index is -1.53. The van der Waals surface area contributed by atoms with Gasteiger partial charge in [-0.15, -0.1) is 11.8 Å². The summed E-state index contributed by atoms with van der Waals surface area (Å²) in [4.78, 5) is 59.6. The van der Waals surface area contributed by atoms with E-state index in [0.717, 1.165) is 23.1 Å². The van der Waals surface area contributed by atoms with Crippen molar-refractivity contribution in [2.24, 2.45) is 5.16 Å². The lowest BCUT2D eigenvalue weighted by molar-refractivity contribution is -0.170. The van der Waals surface area contributed by atoms with E-state index in [1.54, 1.807) is 20.8 Å². The Morgan fingerprint density at radius 2 is 2.09 bits per heavy atom. The third kappa shape index (κ3) is 5.79. The van der Waals surface area contributed by atoms with Gasteiger partial charge in [0.1, 0.15) is 27.0 Å². The zero-order chi connectivity index (χ0) is 26.1.